The molecule has 0 bridgehead atoms. The minimum Gasteiger partial charge on any atom is -0.493 e. The molecule has 252 valence electrons. The molecular weight excluding hydrogens is 568 g/mol. The molecule has 2 rings (SSSR count). The van der Waals surface area contributed by atoms with E-state index in [1.165, 1.54) is 12.2 Å². The van der Waals surface area contributed by atoms with Crippen molar-refractivity contribution in [2.75, 3.05) is 68.0 Å². The van der Waals surface area contributed by atoms with Gasteiger partial charge in [0.25, 0.3) is 17.7 Å². The second kappa shape index (κ2) is 22.5. The molecule has 1 aliphatic heterocycles. The summed E-state index contributed by atoms with van der Waals surface area (Å²) in [7, 11) is 6.60. The van der Waals surface area contributed by atoms with Gasteiger partial charge in [0, 0.05) is 71.9 Å². The molecule has 1 aromatic carbocycles. The Morgan fingerprint density at radius 3 is 1.84 bits per heavy atom. The van der Waals surface area contributed by atoms with Crippen molar-refractivity contribution < 1.29 is 42.8 Å². The first-order chi connectivity index (χ1) is 20.8. The number of carbonyl (C=O) groups is 3. The summed E-state index contributed by atoms with van der Waals surface area (Å²) in [4.78, 5) is 37.1. The van der Waals surface area contributed by atoms with Crippen LogP contribution in [0, 0.1) is 0 Å². The van der Waals surface area contributed by atoms with E-state index in [4.69, 9.17) is 23.7 Å². The Morgan fingerprint density at radius 1 is 0.795 bits per heavy atom. The summed E-state index contributed by atoms with van der Waals surface area (Å²) in [5.41, 5.74) is -0.227. The predicted molar refractivity (Wildman–Crippen MR) is 171 cm³/mol. The van der Waals surface area contributed by atoms with Gasteiger partial charge in [-0.15, -0.1) is 0 Å². The number of amides is 3. The van der Waals surface area contributed by atoms with Crippen LogP contribution in [0.15, 0.2) is 30.4 Å². The Morgan fingerprint density at radius 2 is 1.34 bits per heavy atom. The fourth-order valence-corrected chi connectivity index (χ4v) is 3.44. The number of nitrogens with one attached hydrogen (secondary N) is 1. The third kappa shape index (κ3) is 18.0. The maximum atomic E-state index is 12.7. The number of methoxy groups -OCH3 is 3. The third-order valence-corrected chi connectivity index (χ3v) is 6.05. The maximum Gasteiger partial charge on any atom is 0.253 e. The quantitative estimate of drug-likeness (QED) is 0.181. The highest BCUT2D eigenvalue weighted by Gasteiger charge is 2.23. The molecule has 1 N–H and O–H groups in total. The molecule has 0 unspecified atom stereocenters. The molecule has 1 aromatic rings. The van der Waals surface area contributed by atoms with Crippen LogP contribution in [0.4, 0.5) is 0 Å². The van der Waals surface area contributed by atoms with Crippen LogP contribution in [0.2, 0.25) is 0 Å². The van der Waals surface area contributed by atoms with Gasteiger partial charge in [-0.1, -0.05) is 26.7 Å². The molecule has 11 nitrogen and oxygen atoms in total. The topological polar surface area (TPSA) is 122 Å². The van der Waals surface area contributed by atoms with Crippen LogP contribution in [0.25, 0.3) is 0 Å². The number of nitrogens with zero attached hydrogens (tertiary/aromatic N) is 1. The average molecular weight is 625 g/mol. The highest BCUT2D eigenvalue weighted by molar-refractivity contribution is 6.12. The van der Waals surface area contributed by atoms with Gasteiger partial charge in [-0.05, 0) is 52.7 Å². The zero-order valence-corrected chi connectivity index (χ0v) is 28.6. The van der Waals surface area contributed by atoms with Crippen LogP contribution in [-0.2, 0) is 28.5 Å². The normalized spacial score (nSPS) is 12.7. The molecule has 0 fully saturated rings. The Labute approximate surface area is 264 Å². The standard InChI is InChI=1S/C25H36N2O6.C6H14O2.C2H6O/c1-5-7-13-31-20-15-19(24(30)26-11-12-27-22(28)9-10-23(27)29)16-21(17-20)32-18-25(3,4)33-14-8-6-2;1-6(2,8-4)5-7-3;1-3-2/h9-10,15-17H,5-8,11-14,18H2,1-4H3,(H,26,30);5H2,1-4H3;1-2H3. The van der Waals surface area contributed by atoms with Crippen molar-refractivity contribution in [1.82, 2.24) is 10.2 Å². The molecule has 0 aromatic heterocycles. The first-order valence-electron chi connectivity index (χ1n) is 15.1. The SMILES string of the molecule is CCCCOc1cc(OCC(C)(C)OCCCC)cc(C(=O)NCCN2C(=O)C=CC2=O)c1.COC.COCC(C)(C)OC. The molecule has 0 spiro atoms. The van der Waals surface area contributed by atoms with Crippen LogP contribution >= 0.6 is 0 Å². The number of carbonyl (C=O) groups excluding carboxylic acids is 3. The molecule has 0 atom stereocenters. The second-order valence-corrected chi connectivity index (χ2v) is 11.4. The number of imide groups is 1. The fourth-order valence-electron chi connectivity index (χ4n) is 3.44. The van der Waals surface area contributed by atoms with E-state index >= 15 is 0 Å². The van der Waals surface area contributed by atoms with Gasteiger partial charge in [-0.25, -0.2) is 0 Å². The molecule has 3 amide bonds. The van der Waals surface area contributed by atoms with Crippen molar-refractivity contribution in [3.63, 3.8) is 0 Å². The van der Waals surface area contributed by atoms with Gasteiger partial charge in [0.05, 0.1) is 24.4 Å². The zero-order valence-electron chi connectivity index (χ0n) is 28.6. The van der Waals surface area contributed by atoms with Gasteiger partial charge in [0.15, 0.2) is 0 Å². The number of ether oxygens (including phenoxy) is 6. The molecule has 1 aliphatic rings. The first-order valence-corrected chi connectivity index (χ1v) is 15.1. The fraction of sp³-hybridized carbons (Fsp3) is 0.667. The van der Waals surface area contributed by atoms with Gasteiger partial charge < -0.3 is 33.7 Å². The van der Waals surface area contributed by atoms with Crippen LogP contribution < -0.4 is 14.8 Å². The lowest BCUT2D eigenvalue weighted by atomic mass is 10.1. The van der Waals surface area contributed by atoms with Gasteiger partial charge in [0.2, 0.25) is 0 Å². The lowest BCUT2D eigenvalue weighted by Crippen LogP contribution is -2.38. The Kier molecular flexibility index (Phi) is 21.0. The van der Waals surface area contributed by atoms with Crippen LogP contribution in [0.5, 0.6) is 11.5 Å². The third-order valence-electron chi connectivity index (χ3n) is 6.05. The van der Waals surface area contributed by atoms with Crippen LogP contribution in [0.3, 0.4) is 0 Å². The Hall–Kier alpha value is -2.99. The Bertz CT molecular complexity index is 991. The van der Waals surface area contributed by atoms with Crippen LogP contribution in [-0.4, -0.2) is 102 Å². The number of benzene rings is 1. The van der Waals surface area contributed by atoms with E-state index in [-0.39, 0.29) is 36.4 Å². The van der Waals surface area contributed by atoms with Crippen molar-refractivity contribution in [1.29, 1.82) is 0 Å². The molecule has 0 aliphatic carbocycles. The van der Waals surface area contributed by atoms with Gasteiger partial charge in [0.1, 0.15) is 18.1 Å². The lowest BCUT2D eigenvalue weighted by Gasteiger charge is -2.25. The number of hydrogen-bond donors (Lipinski definition) is 1. The average Bonchev–Trinajstić information content (AvgIpc) is 3.29. The van der Waals surface area contributed by atoms with E-state index in [0.29, 0.717) is 43.5 Å². The highest BCUT2D eigenvalue weighted by Crippen LogP contribution is 2.25. The highest BCUT2D eigenvalue weighted by atomic mass is 16.5. The van der Waals surface area contributed by atoms with Crippen LogP contribution in [0.1, 0.15) is 77.6 Å². The van der Waals surface area contributed by atoms with Crippen molar-refractivity contribution in [2.45, 2.75) is 78.4 Å². The smallest absolute Gasteiger partial charge is 0.253 e. The second-order valence-electron chi connectivity index (χ2n) is 11.4. The molecular formula is C33H56N2O9. The monoisotopic (exact) mass is 624 g/mol. The largest absolute Gasteiger partial charge is 0.493 e. The van der Waals surface area contributed by atoms with E-state index < -0.39 is 5.60 Å². The molecule has 11 heteroatoms. The molecule has 44 heavy (non-hydrogen) atoms. The van der Waals surface area contributed by atoms with E-state index in [1.54, 1.807) is 46.6 Å². The minimum absolute atomic E-state index is 0.107. The van der Waals surface area contributed by atoms with E-state index in [9.17, 15) is 14.4 Å². The molecule has 0 radical (unpaired) electrons. The molecule has 0 saturated carbocycles. The van der Waals surface area contributed by atoms with Crippen molar-refractivity contribution in [3.05, 3.63) is 35.9 Å². The molecule has 1 heterocycles. The summed E-state index contributed by atoms with van der Waals surface area (Å²) < 4.78 is 31.8. The summed E-state index contributed by atoms with van der Waals surface area (Å²) >= 11 is 0. The van der Waals surface area contributed by atoms with Crippen molar-refractivity contribution >= 4 is 17.7 Å². The maximum absolute atomic E-state index is 12.7. The van der Waals surface area contributed by atoms with Gasteiger partial charge >= 0.3 is 0 Å². The van der Waals surface area contributed by atoms with E-state index in [1.807, 2.05) is 27.7 Å². The van der Waals surface area contributed by atoms with Gasteiger partial charge in [-0.3, -0.25) is 19.3 Å². The first kappa shape index (κ1) is 41.0. The van der Waals surface area contributed by atoms with Crippen molar-refractivity contribution in [2.24, 2.45) is 0 Å². The van der Waals surface area contributed by atoms with Crippen molar-refractivity contribution in [3.8, 4) is 11.5 Å². The number of hydrogen-bond acceptors (Lipinski definition) is 9. The lowest BCUT2D eigenvalue weighted by molar-refractivity contribution is -0.136. The van der Waals surface area contributed by atoms with Gasteiger partial charge in [-0.2, -0.15) is 0 Å². The summed E-state index contributed by atoms with van der Waals surface area (Å²) in [5.74, 6) is -0.0355. The zero-order chi connectivity index (χ0) is 33.6. The summed E-state index contributed by atoms with van der Waals surface area (Å²) in [6, 6.07) is 5.08. The number of unbranched alkanes of at least 4 members (excludes halogenated alkanes) is 2. The van der Waals surface area contributed by atoms with E-state index in [0.717, 1.165) is 30.6 Å². The van der Waals surface area contributed by atoms with E-state index in [2.05, 4.69) is 23.9 Å². The summed E-state index contributed by atoms with van der Waals surface area (Å²) in [6.45, 7) is 14.5. The summed E-state index contributed by atoms with van der Waals surface area (Å²) in [5, 5.41) is 2.75. The Balaban J connectivity index is 0.00000143. The molecule has 0 saturated heterocycles. The number of rotatable bonds is 18. The minimum atomic E-state index is -0.473. The predicted octanol–water partition coefficient (Wildman–Crippen LogP) is 4.81. The summed E-state index contributed by atoms with van der Waals surface area (Å²) in [6.07, 6.45) is 6.38.